The maximum Gasteiger partial charge on any atom is 0.315 e. The molecule has 0 unspecified atom stereocenters. The number of thiazole rings is 1. The number of aliphatic carboxylic acids is 1. The van der Waals surface area contributed by atoms with E-state index in [1.54, 1.807) is 11.3 Å². The molecule has 6 nitrogen and oxygen atoms in total. The van der Waals surface area contributed by atoms with Crippen molar-refractivity contribution in [2.45, 2.75) is 45.6 Å². The van der Waals surface area contributed by atoms with Gasteiger partial charge in [-0.3, -0.25) is 4.79 Å². The number of hydrogen-bond acceptors (Lipinski definition) is 4. The molecule has 0 saturated heterocycles. The van der Waals surface area contributed by atoms with Gasteiger partial charge in [0.2, 0.25) is 0 Å². The third kappa shape index (κ3) is 7.73. The minimum atomic E-state index is -0.750. The zero-order valence-corrected chi connectivity index (χ0v) is 12.5. The van der Waals surface area contributed by atoms with Crippen molar-refractivity contribution in [3.63, 3.8) is 0 Å². The van der Waals surface area contributed by atoms with Gasteiger partial charge in [-0.1, -0.05) is 12.8 Å². The highest BCUT2D eigenvalue weighted by atomic mass is 32.1. The number of rotatable bonds is 9. The van der Waals surface area contributed by atoms with Gasteiger partial charge in [-0.2, -0.15) is 0 Å². The Kier molecular flexibility index (Phi) is 7.64. The largest absolute Gasteiger partial charge is 0.481 e. The van der Waals surface area contributed by atoms with Crippen LogP contribution in [0.3, 0.4) is 0 Å². The second-order valence-corrected chi connectivity index (χ2v) is 5.59. The molecule has 0 saturated carbocycles. The highest BCUT2D eigenvalue weighted by Gasteiger charge is 2.02. The van der Waals surface area contributed by atoms with E-state index in [0.717, 1.165) is 30.0 Å². The zero-order chi connectivity index (χ0) is 14.8. The second kappa shape index (κ2) is 9.30. The SMILES string of the molecule is Cc1nc(CNC(=O)NCCCCCCC(=O)O)cs1. The molecule has 0 radical (unpaired) electrons. The Bertz CT molecular complexity index is 434. The van der Waals surface area contributed by atoms with Gasteiger partial charge in [-0.05, 0) is 19.8 Å². The highest BCUT2D eigenvalue weighted by molar-refractivity contribution is 7.09. The van der Waals surface area contributed by atoms with Crippen molar-refractivity contribution in [3.8, 4) is 0 Å². The molecule has 3 N–H and O–H groups in total. The summed E-state index contributed by atoms with van der Waals surface area (Å²) in [6.07, 6.45) is 3.60. The Morgan fingerprint density at radius 3 is 2.65 bits per heavy atom. The van der Waals surface area contributed by atoms with Gasteiger partial charge in [0.05, 0.1) is 17.2 Å². The predicted octanol–water partition coefficient (Wildman–Crippen LogP) is 2.29. The Balaban J connectivity index is 1.96. The third-order valence-corrected chi connectivity index (χ3v) is 3.52. The molecule has 0 bridgehead atoms. The molecule has 1 aromatic rings. The molecule has 2 amide bonds. The highest BCUT2D eigenvalue weighted by Crippen LogP contribution is 2.07. The van der Waals surface area contributed by atoms with E-state index in [4.69, 9.17) is 5.11 Å². The Hall–Kier alpha value is -1.63. The molecule has 7 heteroatoms. The smallest absolute Gasteiger partial charge is 0.315 e. The van der Waals surface area contributed by atoms with Crippen LogP contribution in [0.5, 0.6) is 0 Å². The van der Waals surface area contributed by atoms with Crippen molar-refractivity contribution in [2.24, 2.45) is 0 Å². The summed E-state index contributed by atoms with van der Waals surface area (Å²) in [6, 6.07) is -0.193. The van der Waals surface area contributed by atoms with Crippen LogP contribution in [-0.2, 0) is 11.3 Å². The average Bonchev–Trinajstić information content (AvgIpc) is 2.81. The van der Waals surface area contributed by atoms with Crippen LogP contribution < -0.4 is 10.6 Å². The summed E-state index contributed by atoms with van der Waals surface area (Å²) >= 11 is 1.56. The molecule has 0 fully saturated rings. The van der Waals surface area contributed by atoms with Crippen molar-refractivity contribution in [1.29, 1.82) is 0 Å². The number of carboxylic acid groups (broad SMARTS) is 1. The number of urea groups is 1. The molecule has 0 aliphatic heterocycles. The second-order valence-electron chi connectivity index (χ2n) is 4.53. The van der Waals surface area contributed by atoms with Crippen molar-refractivity contribution in [3.05, 3.63) is 16.1 Å². The van der Waals surface area contributed by atoms with Crippen molar-refractivity contribution >= 4 is 23.3 Å². The maximum absolute atomic E-state index is 11.5. The van der Waals surface area contributed by atoms with Crippen LogP contribution in [0, 0.1) is 6.92 Å². The van der Waals surface area contributed by atoms with E-state index in [9.17, 15) is 9.59 Å². The van der Waals surface area contributed by atoms with E-state index in [0.29, 0.717) is 19.5 Å². The Morgan fingerprint density at radius 2 is 2.00 bits per heavy atom. The number of hydrogen-bond donors (Lipinski definition) is 3. The average molecular weight is 299 g/mol. The fourth-order valence-electron chi connectivity index (χ4n) is 1.68. The van der Waals surface area contributed by atoms with Gasteiger partial charge in [-0.15, -0.1) is 11.3 Å². The molecular formula is C13H21N3O3S. The lowest BCUT2D eigenvalue weighted by molar-refractivity contribution is -0.137. The Morgan fingerprint density at radius 1 is 1.25 bits per heavy atom. The Labute approximate surface area is 122 Å². The van der Waals surface area contributed by atoms with Crippen LogP contribution in [0.4, 0.5) is 4.79 Å². The first kappa shape index (κ1) is 16.4. The van der Waals surface area contributed by atoms with Gasteiger partial charge in [0.1, 0.15) is 0 Å². The minimum Gasteiger partial charge on any atom is -0.481 e. The molecule has 0 spiro atoms. The number of aromatic nitrogens is 1. The first-order chi connectivity index (χ1) is 9.58. The molecule has 0 aliphatic rings. The van der Waals surface area contributed by atoms with Crippen LogP contribution in [-0.4, -0.2) is 28.6 Å². The fraction of sp³-hybridized carbons (Fsp3) is 0.615. The lowest BCUT2D eigenvalue weighted by atomic mass is 10.1. The summed E-state index contributed by atoms with van der Waals surface area (Å²) in [5, 5.41) is 16.9. The number of unbranched alkanes of at least 4 members (excludes halogenated alkanes) is 3. The van der Waals surface area contributed by atoms with Gasteiger partial charge in [-0.25, -0.2) is 9.78 Å². The molecule has 1 aromatic heterocycles. The van der Waals surface area contributed by atoms with Crippen LogP contribution in [0.25, 0.3) is 0 Å². The number of amides is 2. The molecule has 1 rings (SSSR count). The van der Waals surface area contributed by atoms with Crippen molar-refractivity contribution in [1.82, 2.24) is 15.6 Å². The first-order valence-corrected chi connectivity index (χ1v) is 7.60. The van der Waals surface area contributed by atoms with Gasteiger partial charge in [0.15, 0.2) is 0 Å². The number of nitrogens with one attached hydrogen (secondary N) is 2. The van der Waals surface area contributed by atoms with E-state index in [1.165, 1.54) is 0 Å². The number of nitrogens with zero attached hydrogens (tertiary/aromatic N) is 1. The fourth-order valence-corrected chi connectivity index (χ4v) is 2.29. The summed E-state index contributed by atoms with van der Waals surface area (Å²) < 4.78 is 0. The summed E-state index contributed by atoms with van der Waals surface area (Å²) in [5.41, 5.74) is 0.872. The van der Waals surface area contributed by atoms with Gasteiger partial charge >= 0.3 is 12.0 Å². The lowest BCUT2D eigenvalue weighted by Crippen LogP contribution is -2.35. The number of carbonyl (C=O) groups excluding carboxylic acids is 1. The first-order valence-electron chi connectivity index (χ1n) is 6.72. The molecular weight excluding hydrogens is 278 g/mol. The molecule has 112 valence electrons. The maximum atomic E-state index is 11.5. The summed E-state index contributed by atoms with van der Waals surface area (Å²) in [7, 11) is 0. The van der Waals surface area contributed by atoms with E-state index in [-0.39, 0.29) is 12.5 Å². The number of carbonyl (C=O) groups is 2. The molecule has 0 atom stereocenters. The number of aryl methyl sites for hydroxylation is 1. The lowest BCUT2D eigenvalue weighted by Gasteiger charge is -2.06. The molecule has 0 aliphatic carbocycles. The van der Waals surface area contributed by atoms with Crippen LogP contribution in [0.15, 0.2) is 5.38 Å². The van der Waals surface area contributed by atoms with E-state index in [1.807, 2.05) is 12.3 Å². The van der Waals surface area contributed by atoms with Gasteiger partial charge < -0.3 is 15.7 Å². The molecule has 1 heterocycles. The van der Waals surface area contributed by atoms with Gasteiger partial charge in [0, 0.05) is 18.3 Å². The number of carboxylic acids is 1. The van der Waals surface area contributed by atoms with E-state index >= 15 is 0 Å². The van der Waals surface area contributed by atoms with E-state index in [2.05, 4.69) is 15.6 Å². The van der Waals surface area contributed by atoms with Crippen LogP contribution in [0.2, 0.25) is 0 Å². The summed E-state index contributed by atoms with van der Waals surface area (Å²) in [5.74, 6) is -0.750. The molecule has 20 heavy (non-hydrogen) atoms. The minimum absolute atomic E-state index is 0.193. The van der Waals surface area contributed by atoms with Crippen LogP contribution in [0.1, 0.15) is 42.8 Å². The van der Waals surface area contributed by atoms with Gasteiger partial charge in [0.25, 0.3) is 0 Å². The topological polar surface area (TPSA) is 91.3 Å². The van der Waals surface area contributed by atoms with Crippen LogP contribution >= 0.6 is 11.3 Å². The summed E-state index contributed by atoms with van der Waals surface area (Å²) in [6.45, 7) is 2.97. The van der Waals surface area contributed by atoms with E-state index < -0.39 is 5.97 Å². The van der Waals surface area contributed by atoms with Crippen molar-refractivity contribution < 1.29 is 14.7 Å². The normalized spacial score (nSPS) is 10.2. The molecule has 0 aromatic carbocycles. The predicted molar refractivity (Wildman–Crippen MR) is 77.8 cm³/mol. The monoisotopic (exact) mass is 299 g/mol. The standard InChI is InChI=1S/C13H21N3O3S/c1-10-16-11(9-20-10)8-15-13(19)14-7-5-3-2-4-6-12(17)18/h9H,2-8H2,1H3,(H,17,18)(H2,14,15,19). The third-order valence-electron chi connectivity index (χ3n) is 2.70. The quantitative estimate of drug-likeness (QED) is 0.610. The summed E-state index contributed by atoms with van der Waals surface area (Å²) in [4.78, 5) is 26.0. The zero-order valence-electron chi connectivity index (χ0n) is 11.6. The van der Waals surface area contributed by atoms with Crippen molar-refractivity contribution in [2.75, 3.05) is 6.54 Å².